The van der Waals surface area contributed by atoms with Crippen LogP contribution in [0.2, 0.25) is 0 Å². The molecule has 0 fully saturated rings. The first kappa shape index (κ1) is 22.5. The van der Waals surface area contributed by atoms with Gasteiger partial charge >= 0.3 is 6.18 Å². The van der Waals surface area contributed by atoms with Crippen LogP contribution in [0.4, 0.5) is 13.2 Å². The summed E-state index contributed by atoms with van der Waals surface area (Å²) < 4.78 is 64.7. The van der Waals surface area contributed by atoms with Crippen LogP contribution in [-0.4, -0.2) is 42.7 Å². The van der Waals surface area contributed by atoms with Crippen LogP contribution < -0.4 is 5.32 Å². The summed E-state index contributed by atoms with van der Waals surface area (Å²) in [6.07, 6.45) is -6.08. The van der Waals surface area contributed by atoms with Crippen molar-refractivity contribution >= 4 is 15.7 Å². The van der Waals surface area contributed by atoms with Crippen molar-refractivity contribution in [2.45, 2.75) is 63.8 Å². The van der Waals surface area contributed by atoms with Gasteiger partial charge in [0, 0.05) is 24.4 Å². The zero-order valence-electron chi connectivity index (χ0n) is 15.5. The molecule has 1 heterocycles. The molecule has 26 heavy (non-hydrogen) atoms. The Balaban J connectivity index is 2.68. The molecule has 0 aliphatic heterocycles. The Morgan fingerprint density at radius 3 is 2.23 bits per heavy atom. The third-order valence-electron chi connectivity index (χ3n) is 3.89. The van der Waals surface area contributed by atoms with Crippen LogP contribution in [-0.2, 0) is 15.3 Å². The summed E-state index contributed by atoms with van der Waals surface area (Å²) in [5.41, 5.74) is 0.255. The molecule has 1 N–H and O–H groups in total. The van der Waals surface area contributed by atoms with Gasteiger partial charge < -0.3 is 9.84 Å². The maximum absolute atomic E-state index is 12.3. The summed E-state index contributed by atoms with van der Waals surface area (Å²) in [6, 6.07) is 1.47. The van der Waals surface area contributed by atoms with E-state index in [0.29, 0.717) is 5.69 Å². The zero-order chi connectivity index (χ0) is 20.4. The maximum atomic E-state index is 12.3. The van der Waals surface area contributed by atoms with Gasteiger partial charge in [-0.25, -0.2) is 8.42 Å². The third kappa shape index (κ3) is 6.30. The molecule has 0 atom stereocenters. The van der Waals surface area contributed by atoms with Crippen molar-refractivity contribution < 1.29 is 30.9 Å². The number of sulfone groups is 1. The molecule has 0 bridgehead atoms. The standard InChI is InChI=1S/C16H25F3N2O4S/c1-14(2,3)12-9-11(25-21-12)13(22)20-10-15(4,5)26(23,24)8-6-7-16(17,18)19/h9H,6-8,10H2,1-5H3,(H,20,22). The molecule has 150 valence electrons. The lowest BCUT2D eigenvalue weighted by atomic mass is 9.92. The normalized spacial score (nSPS) is 13.7. The van der Waals surface area contributed by atoms with E-state index in [-0.39, 0.29) is 17.7 Å². The molecule has 0 aromatic carbocycles. The highest BCUT2D eigenvalue weighted by molar-refractivity contribution is 7.92. The molecule has 0 unspecified atom stereocenters. The number of rotatable bonds is 7. The van der Waals surface area contributed by atoms with E-state index < -0.39 is 45.3 Å². The minimum absolute atomic E-state index is 0.0554. The minimum atomic E-state index is -4.40. The number of hydrogen-bond acceptors (Lipinski definition) is 5. The molecule has 1 amide bonds. The molecule has 0 aliphatic carbocycles. The van der Waals surface area contributed by atoms with Gasteiger partial charge in [0.2, 0.25) is 5.76 Å². The highest BCUT2D eigenvalue weighted by Crippen LogP contribution is 2.25. The largest absolute Gasteiger partial charge is 0.389 e. The second kappa shape index (κ2) is 7.58. The first-order valence-electron chi connectivity index (χ1n) is 8.10. The Bertz CT molecular complexity index is 731. The van der Waals surface area contributed by atoms with E-state index in [1.54, 1.807) is 0 Å². The molecule has 1 rings (SSSR count). The zero-order valence-corrected chi connectivity index (χ0v) is 16.3. The van der Waals surface area contributed by atoms with Crippen molar-refractivity contribution in [1.29, 1.82) is 0 Å². The summed E-state index contributed by atoms with van der Waals surface area (Å²) in [6.45, 7) is 8.13. The molecule has 10 heteroatoms. The molecular formula is C16H25F3N2O4S. The number of aromatic nitrogens is 1. The van der Waals surface area contributed by atoms with Gasteiger partial charge in [0.05, 0.1) is 16.2 Å². The molecule has 0 saturated heterocycles. The van der Waals surface area contributed by atoms with Gasteiger partial charge in [0.15, 0.2) is 9.84 Å². The van der Waals surface area contributed by atoms with Crippen molar-refractivity contribution in [3.8, 4) is 0 Å². The average molecular weight is 398 g/mol. The van der Waals surface area contributed by atoms with E-state index in [9.17, 15) is 26.4 Å². The van der Waals surface area contributed by atoms with Crippen LogP contribution in [0.1, 0.15) is 63.7 Å². The number of alkyl halides is 3. The quantitative estimate of drug-likeness (QED) is 0.762. The van der Waals surface area contributed by atoms with Crippen molar-refractivity contribution in [2.24, 2.45) is 0 Å². The SMILES string of the molecule is CC(C)(C)c1cc(C(=O)NCC(C)(C)S(=O)(=O)CCCC(F)(F)F)on1. The fraction of sp³-hybridized carbons (Fsp3) is 0.750. The van der Waals surface area contributed by atoms with Gasteiger partial charge in [0.1, 0.15) is 0 Å². The van der Waals surface area contributed by atoms with Gasteiger partial charge in [-0.15, -0.1) is 0 Å². The molecule has 0 aliphatic rings. The lowest BCUT2D eigenvalue weighted by molar-refractivity contribution is -0.134. The van der Waals surface area contributed by atoms with E-state index in [1.807, 2.05) is 20.8 Å². The van der Waals surface area contributed by atoms with Crippen LogP contribution in [0.3, 0.4) is 0 Å². The van der Waals surface area contributed by atoms with E-state index in [0.717, 1.165) is 0 Å². The molecule has 0 spiro atoms. The molecule has 6 nitrogen and oxygen atoms in total. The fourth-order valence-corrected chi connectivity index (χ4v) is 3.33. The number of hydrogen-bond donors (Lipinski definition) is 1. The number of nitrogens with one attached hydrogen (secondary N) is 1. The van der Waals surface area contributed by atoms with Crippen molar-refractivity contribution in [3.05, 3.63) is 17.5 Å². The number of amides is 1. The molecular weight excluding hydrogens is 373 g/mol. The maximum Gasteiger partial charge on any atom is 0.389 e. The number of carbonyl (C=O) groups is 1. The van der Waals surface area contributed by atoms with Gasteiger partial charge in [-0.2, -0.15) is 13.2 Å². The van der Waals surface area contributed by atoms with Crippen LogP contribution in [0.5, 0.6) is 0 Å². The summed E-state index contributed by atoms with van der Waals surface area (Å²) in [5.74, 6) is -1.29. The Kier molecular flexibility index (Phi) is 6.54. The van der Waals surface area contributed by atoms with Crippen molar-refractivity contribution in [3.63, 3.8) is 0 Å². The predicted molar refractivity (Wildman–Crippen MR) is 90.7 cm³/mol. The predicted octanol–water partition coefficient (Wildman–Crippen LogP) is 3.24. The second-order valence-electron chi connectivity index (χ2n) is 7.81. The van der Waals surface area contributed by atoms with E-state index >= 15 is 0 Å². The minimum Gasteiger partial charge on any atom is -0.351 e. The monoisotopic (exact) mass is 398 g/mol. The molecule has 0 radical (unpaired) electrons. The molecule has 1 aromatic rings. The second-order valence-corrected chi connectivity index (χ2v) is 10.5. The van der Waals surface area contributed by atoms with Gasteiger partial charge in [-0.3, -0.25) is 4.79 Å². The third-order valence-corrected chi connectivity index (χ3v) is 6.55. The lowest BCUT2D eigenvalue weighted by Crippen LogP contribution is -2.45. The van der Waals surface area contributed by atoms with Gasteiger partial charge in [-0.05, 0) is 20.3 Å². The first-order valence-corrected chi connectivity index (χ1v) is 9.75. The number of halogens is 3. The topological polar surface area (TPSA) is 89.3 Å². The van der Waals surface area contributed by atoms with E-state index in [4.69, 9.17) is 4.52 Å². The Morgan fingerprint density at radius 2 is 1.77 bits per heavy atom. The summed E-state index contributed by atoms with van der Waals surface area (Å²) in [5, 5.41) is 6.25. The van der Waals surface area contributed by atoms with Crippen LogP contribution in [0.25, 0.3) is 0 Å². The molecule has 1 aromatic heterocycles. The first-order chi connectivity index (χ1) is 11.6. The number of nitrogens with zero attached hydrogens (tertiary/aromatic N) is 1. The Morgan fingerprint density at radius 1 is 1.19 bits per heavy atom. The molecule has 0 saturated carbocycles. The van der Waals surface area contributed by atoms with Crippen LogP contribution in [0, 0.1) is 0 Å². The average Bonchev–Trinajstić information content (AvgIpc) is 2.92. The summed E-state index contributed by atoms with van der Waals surface area (Å²) >= 11 is 0. The summed E-state index contributed by atoms with van der Waals surface area (Å²) in [7, 11) is -3.84. The van der Waals surface area contributed by atoms with Gasteiger partial charge in [0.25, 0.3) is 5.91 Å². The van der Waals surface area contributed by atoms with E-state index in [1.165, 1.54) is 19.9 Å². The highest BCUT2D eigenvalue weighted by atomic mass is 32.2. The van der Waals surface area contributed by atoms with Crippen molar-refractivity contribution in [1.82, 2.24) is 10.5 Å². The smallest absolute Gasteiger partial charge is 0.351 e. The lowest BCUT2D eigenvalue weighted by Gasteiger charge is -2.25. The summed E-state index contributed by atoms with van der Waals surface area (Å²) in [4.78, 5) is 12.1. The number of carbonyl (C=O) groups excluding carboxylic acids is 1. The Hall–Kier alpha value is -1.58. The van der Waals surface area contributed by atoms with Gasteiger partial charge in [-0.1, -0.05) is 25.9 Å². The highest BCUT2D eigenvalue weighted by Gasteiger charge is 2.36. The van der Waals surface area contributed by atoms with Crippen LogP contribution in [0.15, 0.2) is 10.6 Å². The Labute approximate surface area is 151 Å². The fourth-order valence-electron chi connectivity index (χ4n) is 1.96. The van der Waals surface area contributed by atoms with Crippen LogP contribution >= 0.6 is 0 Å². The van der Waals surface area contributed by atoms with E-state index in [2.05, 4.69) is 10.5 Å². The van der Waals surface area contributed by atoms with Crippen molar-refractivity contribution in [2.75, 3.05) is 12.3 Å².